The van der Waals surface area contributed by atoms with Crippen molar-refractivity contribution in [1.29, 1.82) is 0 Å². The third-order valence-electron chi connectivity index (χ3n) is 6.71. The molecular formula is C21H26F4N2O. The van der Waals surface area contributed by atoms with Gasteiger partial charge < -0.3 is 10.6 Å². The molecule has 1 unspecified atom stereocenters. The summed E-state index contributed by atoms with van der Waals surface area (Å²) in [6.07, 6.45) is -0.863. The summed E-state index contributed by atoms with van der Waals surface area (Å²) in [5.74, 6) is 0.469. The number of halogens is 4. The minimum atomic E-state index is -4.44. The van der Waals surface area contributed by atoms with E-state index in [1.807, 2.05) is 0 Å². The van der Waals surface area contributed by atoms with Crippen LogP contribution in [0.1, 0.15) is 51.5 Å². The van der Waals surface area contributed by atoms with Crippen molar-refractivity contribution in [3.63, 3.8) is 0 Å². The third kappa shape index (κ3) is 3.60. The SMILES string of the molecule is CC(C)(Nc1cccc(C(F)(F)F)c1)C(=O)N[C@H]1[C@@H]2CC3C[C@H]1C[C@](F)(C3)C2. The second-order valence-corrected chi connectivity index (χ2v) is 9.45. The summed E-state index contributed by atoms with van der Waals surface area (Å²) in [7, 11) is 0. The van der Waals surface area contributed by atoms with Crippen LogP contribution in [0.4, 0.5) is 23.2 Å². The normalized spacial score (nSPS) is 34.4. The van der Waals surface area contributed by atoms with Crippen molar-refractivity contribution in [2.24, 2.45) is 17.8 Å². The Hall–Kier alpha value is -1.79. The van der Waals surface area contributed by atoms with E-state index in [1.54, 1.807) is 13.8 Å². The van der Waals surface area contributed by atoms with Crippen molar-refractivity contribution in [2.45, 2.75) is 69.4 Å². The first kappa shape index (κ1) is 19.5. The molecule has 1 aromatic rings. The summed E-state index contributed by atoms with van der Waals surface area (Å²) >= 11 is 0. The van der Waals surface area contributed by atoms with Gasteiger partial charge in [0.2, 0.25) is 5.91 Å². The molecule has 0 saturated heterocycles. The van der Waals surface area contributed by atoms with Crippen molar-refractivity contribution in [1.82, 2.24) is 5.32 Å². The average molecular weight is 398 g/mol. The number of amides is 1. The number of carbonyl (C=O) groups is 1. The fourth-order valence-corrected chi connectivity index (χ4v) is 5.68. The van der Waals surface area contributed by atoms with Crippen LogP contribution < -0.4 is 10.6 Å². The number of alkyl halides is 4. The monoisotopic (exact) mass is 398 g/mol. The standard InChI is InChI=1S/C21H26F4N2O/c1-19(2,27-16-5-3-4-15(8-16)21(23,24)25)18(28)26-17-13-6-12-7-14(17)11-20(22,9-12)10-13/h3-5,8,12-14,17,27H,6-7,9-11H2,1-2H3,(H,26,28)/t12?,13-,14+,17+,20+. The first-order valence-electron chi connectivity index (χ1n) is 9.91. The van der Waals surface area contributed by atoms with Gasteiger partial charge in [-0.3, -0.25) is 4.79 Å². The summed E-state index contributed by atoms with van der Waals surface area (Å²) in [5.41, 5.74) is -2.68. The highest BCUT2D eigenvalue weighted by atomic mass is 19.4. The highest BCUT2D eigenvalue weighted by Gasteiger charge is 2.56. The predicted octanol–water partition coefficient (Wildman–Crippen LogP) is 4.93. The van der Waals surface area contributed by atoms with Crippen molar-refractivity contribution < 1.29 is 22.4 Å². The number of hydrogen-bond donors (Lipinski definition) is 2. The Bertz CT molecular complexity index is 760. The van der Waals surface area contributed by atoms with Crippen LogP contribution in [0.5, 0.6) is 0 Å². The Morgan fingerprint density at radius 1 is 1.11 bits per heavy atom. The molecule has 0 radical (unpaired) electrons. The van der Waals surface area contributed by atoms with E-state index in [2.05, 4.69) is 10.6 Å². The molecule has 3 nitrogen and oxygen atoms in total. The molecular weight excluding hydrogens is 372 g/mol. The molecule has 1 amide bonds. The van der Waals surface area contributed by atoms with Gasteiger partial charge in [0.15, 0.2) is 0 Å². The van der Waals surface area contributed by atoms with E-state index in [1.165, 1.54) is 12.1 Å². The van der Waals surface area contributed by atoms with E-state index in [0.29, 0.717) is 25.2 Å². The Morgan fingerprint density at radius 3 is 2.32 bits per heavy atom. The van der Waals surface area contributed by atoms with E-state index >= 15 is 0 Å². The maximum Gasteiger partial charge on any atom is 0.416 e. The van der Waals surface area contributed by atoms with E-state index < -0.39 is 22.9 Å². The van der Waals surface area contributed by atoms with Crippen LogP contribution in [0, 0.1) is 17.8 Å². The first-order chi connectivity index (χ1) is 13.0. The lowest BCUT2D eigenvalue weighted by atomic mass is 9.53. The van der Waals surface area contributed by atoms with Crippen LogP contribution >= 0.6 is 0 Å². The molecule has 4 aliphatic rings. The van der Waals surface area contributed by atoms with Crippen molar-refractivity contribution >= 4 is 11.6 Å². The number of benzene rings is 1. The third-order valence-corrected chi connectivity index (χ3v) is 6.71. The second-order valence-electron chi connectivity index (χ2n) is 9.45. The summed E-state index contributed by atoms with van der Waals surface area (Å²) in [5, 5.41) is 6.02. The van der Waals surface area contributed by atoms with Gasteiger partial charge >= 0.3 is 6.18 Å². The average Bonchev–Trinajstić information content (AvgIpc) is 2.55. The molecule has 7 heteroatoms. The molecule has 154 valence electrons. The number of anilines is 1. The maximum absolute atomic E-state index is 14.8. The topological polar surface area (TPSA) is 41.1 Å². The van der Waals surface area contributed by atoms with Gasteiger partial charge in [-0.1, -0.05) is 6.07 Å². The van der Waals surface area contributed by atoms with Gasteiger partial charge in [0, 0.05) is 11.7 Å². The molecule has 2 N–H and O–H groups in total. The van der Waals surface area contributed by atoms with Crippen LogP contribution in [0.25, 0.3) is 0 Å². The number of hydrogen-bond acceptors (Lipinski definition) is 2. The molecule has 0 aromatic heterocycles. The zero-order chi connectivity index (χ0) is 20.3. The maximum atomic E-state index is 14.8. The van der Waals surface area contributed by atoms with Crippen LogP contribution in [0.15, 0.2) is 24.3 Å². The van der Waals surface area contributed by atoms with Crippen LogP contribution in [0.2, 0.25) is 0 Å². The Labute approximate surface area is 162 Å². The summed E-state index contributed by atoms with van der Waals surface area (Å²) < 4.78 is 53.6. The lowest BCUT2D eigenvalue weighted by Crippen LogP contribution is -2.63. The number of nitrogens with one attached hydrogen (secondary N) is 2. The molecule has 1 aromatic carbocycles. The summed E-state index contributed by atoms with van der Waals surface area (Å²) in [4.78, 5) is 12.9. The van der Waals surface area contributed by atoms with Gasteiger partial charge in [-0.05, 0) is 81.9 Å². The molecule has 0 aliphatic heterocycles. The Morgan fingerprint density at radius 2 is 1.75 bits per heavy atom. The van der Waals surface area contributed by atoms with Gasteiger partial charge in [0.05, 0.1) is 5.56 Å². The second kappa shape index (κ2) is 6.36. The fourth-order valence-electron chi connectivity index (χ4n) is 5.68. The molecule has 4 saturated carbocycles. The molecule has 4 bridgehead atoms. The van der Waals surface area contributed by atoms with E-state index in [0.717, 1.165) is 25.0 Å². The molecule has 28 heavy (non-hydrogen) atoms. The first-order valence-corrected chi connectivity index (χ1v) is 9.91. The van der Waals surface area contributed by atoms with Crippen LogP contribution in [0.3, 0.4) is 0 Å². The minimum Gasteiger partial charge on any atom is -0.372 e. The smallest absolute Gasteiger partial charge is 0.372 e. The molecule has 0 heterocycles. The highest BCUT2D eigenvalue weighted by Crippen LogP contribution is 2.57. The summed E-state index contributed by atoms with van der Waals surface area (Å²) in [6, 6.07) is 4.79. The van der Waals surface area contributed by atoms with Crippen LogP contribution in [-0.2, 0) is 11.0 Å². The molecule has 5 rings (SSSR count). The zero-order valence-electron chi connectivity index (χ0n) is 16.1. The van der Waals surface area contributed by atoms with E-state index in [-0.39, 0.29) is 29.5 Å². The molecule has 4 fully saturated rings. The predicted molar refractivity (Wildman–Crippen MR) is 98.5 cm³/mol. The van der Waals surface area contributed by atoms with Gasteiger partial charge in [0.1, 0.15) is 11.2 Å². The quantitative estimate of drug-likeness (QED) is 0.706. The Balaban J connectivity index is 1.45. The largest absolute Gasteiger partial charge is 0.416 e. The lowest BCUT2D eigenvalue weighted by Gasteiger charge is -2.57. The Kier molecular flexibility index (Phi) is 4.43. The van der Waals surface area contributed by atoms with Crippen LogP contribution in [-0.4, -0.2) is 23.2 Å². The van der Waals surface area contributed by atoms with Crippen molar-refractivity contribution in [2.75, 3.05) is 5.32 Å². The van der Waals surface area contributed by atoms with Gasteiger partial charge in [-0.2, -0.15) is 13.2 Å². The van der Waals surface area contributed by atoms with E-state index in [4.69, 9.17) is 0 Å². The molecule has 5 atom stereocenters. The molecule has 4 aliphatic carbocycles. The van der Waals surface area contributed by atoms with Gasteiger partial charge in [-0.15, -0.1) is 0 Å². The van der Waals surface area contributed by atoms with E-state index in [9.17, 15) is 22.4 Å². The number of rotatable bonds is 4. The van der Waals surface area contributed by atoms with Crippen molar-refractivity contribution in [3.05, 3.63) is 29.8 Å². The number of carbonyl (C=O) groups excluding carboxylic acids is 1. The van der Waals surface area contributed by atoms with Gasteiger partial charge in [-0.25, -0.2) is 4.39 Å². The summed E-state index contributed by atoms with van der Waals surface area (Å²) in [6.45, 7) is 3.30. The molecule has 0 spiro atoms. The highest BCUT2D eigenvalue weighted by molar-refractivity contribution is 5.88. The van der Waals surface area contributed by atoms with Gasteiger partial charge in [0.25, 0.3) is 0 Å². The zero-order valence-corrected chi connectivity index (χ0v) is 16.1. The minimum absolute atomic E-state index is 0.0458. The fraction of sp³-hybridized carbons (Fsp3) is 0.667. The van der Waals surface area contributed by atoms with Crippen molar-refractivity contribution in [3.8, 4) is 0 Å². The lowest BCUT2D eigenvalue weighted by molar-refractivity contribution is -0.137.